The lowest BCUT2D eigenvalue weighted by atomic mass is 10.1. The van der Waals surface area contributed by atoms with Crippen molar-refractivity contribution < 1.29 is 4.79 Å². The van der Waals surface area contributed by atoms with Gasteiger partial charge in [0.25, 0.3) is 0 Å². The molecule has 0 fully saturated rings. The molecule has 1 amide bonds. The van der Waals surface area contributed by atoms with Crippen LogP contribution < -0.4 is 5.73 Å². The largest absolute Gasteiger partial charge is 0.366 e. The van der Waals surface area contributed by atoms with E-state index in [0.29, 0.717) is 5.57 Å². The quantitative estimate of drug-likeness (QED) is 0.223. The van der Waals surface area contributed by atoms with Gasteiger partial charge in [-0.2, -0.15) is 0 Å². The summed E-state index contributed by atoms with van der Waals surface area (Å²) in [6.07, 6.45) is 23.4. The standard InChI is InChI=1S/C20H37NO/c1-3-4-5-6-7-8-9-10-11-12-13-14-15-16-17-18-19(2)20(21)22/h8-9,18H,3-7,10-17H2,1-2H3,(H2,21,22)/b9-8-,19-18?. The van der Waals surface area contributed by atoms with Gasteiger partial charge < -0.3 is 5.73 Å². The highest BCUT2D eigenvalue weighted by Crippen LogP contribution is 2.10. The van der Waals surface area contributed by atoms with E-state index in [0.717, 1.165) is 6.42 Å². The van der Waals surface area contributed by atoms with Crippen molar-refractivity contribution in [3.05, 3.63) is 23.8 Å². The Morgan fingerprint density at radius 2 is 1.23 bits per heavy atom. The summed E-state index contributed by atoms with van der Waals surface area (Å²) in [5, 5.41) is 0. The van der Waals surface area contributed by atoms with Crippen LogP contribution in [0.4, 0.5) is 0 Å². The van der Waals surface area contributed by atoms with Gasteiger partial charge in [-0.25, -0.2) is 0 Å². The Kier molecular flexibility index (Phi) is 15.5. The average molecular weight is 308 g/mol. The van der Waals surface area contributed by atoms with E-state index < -0.39 is 0 Å². The van der Waals surface area contributed by atoms with Crippen LogP contribution in [0.3, 0.4) is 0 Å². The van der Waals surface area contributed by atoms with Crippen LogP contribution in [-0.2, 0) is 4.79 Å². The van der Waals surface area contributed by atoms with Crippen LogP contribution in [0.2, 0.25) is 0 Å². The number of carbonyl (C=O) groups is 1. The minimum Gasteiger partial charge on any atom is -0.366 e. The van der Waals surface area contributed by atoms with Crippen molar-refractivity contribution in [2.45, 2.75) is 97.3 Å². The zero-order valence-electron chi connectivity index (χ0n) is 14.9. The fourth-order valence-electron chi connectivity index (χ4n) is 2.46. The lowest BCUT2D eigenvalue weighted by Crippen LogP contribution is -2.11. The van der Waals surface area contributed by atoms with E-state index >= 15 is 0 Å². The summed E-state index contributed by atoms with van der Waals surface area (Å²) < 4.78 is 0. The van der Waals surface area contributed by atoms with Crippen LogP contribution in [0, 0.1) is 0 Å². The van der Waals surface area contributed by atoms with Crippen molar-refractivity contribution in [3.63, 3.8) is 0 Å². The van der Waals surface area contributed by atoms with Crippen molar-refractivity contribution in [3.8, 4) is 0 Å². The number of rotatable bonds is 15. The van der Waals surface area contributed by atoms with E-state index in [9.17, 15) is 4.79 Å². The molecule has 0 saturated carbocycles. The maximum Gasteiger partial charge on any atom is 0.244 e. The molecule has 128 valence electrons. The van der Waals surface area contributed by atoms with E-state index in [2.05, 4.69) is 19.1 Å². The summed E-state index contributed by atoms with van der Waals surface area (Å²) in [4.78, 5) is 10.8. The third-order valence-electron chi connectivity index (χ3n) is 4.06. The Morgan fingerprint density at radius 3 is 1.73 bits per heavy atom. The summed E-state index contributed by atoms with van der Waals surface area (Å²) in [5.74, 6) is -0.293. The van der Waals surface area contributed by atoms with Gasteiger partial charge in [-0.05, 0) is 45.4 Å². The zero-order chi connectivity index (χ0) is 16.5. The highest BCUT2D eigenvalue weighted by atomic mass is 16.1. The number of unbranched alkanes of at least 4 members (excludes halogenated alkanes) is 11. The molecule has 0 radical (unpaired) electrons. The number of carbonyl (C=O) groups excluding carboxylic acids is 1. The molecular formula is C20H37NO. The molecule has 0 aliphatic carbocycles. The summed E-state index contributed by atoms with van der Waals surface area (Å²) >= 11 is 0. The van der Waals surface area contributed by atoms with Crippen LogP contribution in [0.25, 0.3) is 0 Å². The number of amides is 1. The van der Waals surface area contributed by atoms with Gasteiger partial charge in [-0.3, -0.25) is 4.79 Å². The van der Waals surface area contributed by atoms with Crippen LogP contribution >= 0.6 is 0 Å². The predicted octanol–water partition coefficient (Wildman–Crippen LogP) is 6.07. The monoisotopic (exact) mass is 307 g/mol. The van der Waals surface area contributed by atoms with Gasteiger partial charge in [0.05, 0.1) is 0 Å². The first-order chi connectivity index (χ1) is 10.7. The highest BCUT2D eigenvalue weighted by molar-refractivity contribution is 5.91. The van der Waals surface area contributed by atoms with E-state index in [-0.39, 0.29) is 5.91 Å². The molecular weight excluding hydrogens is 270 g/mol. The van der Waals surface area contributed by atoms with E-state index in [1.54, 1.807) is 6.92 Å². The Balaban J connectivity index is 3.22. The molecule has 2 N–H and O–H groups in total. The van der Waals surface area contributed by atoms with Crippen molar-refractivity contribution in [1.29, 1.82) is 0 Å². The molecule has 0 aromatic heterocycles. The summed E-state index contributed by atoms with van der Waals surface area (Å²) in [5.41, 5.74) is 5.88. The molecule has 0 aromatic rings. The number of nitrogens with two attached hydrogens (primary N) is 1. The zero-order valence-corrected chi connectivity index (χ0v) is 14.9. The molecule has 2 nitrogen and oxygen atoms in total. The van der Waals surface area contributed by atoms with Gasteiger partial charge in [0.1, 0.15) is 0 Å². The lowest BCUT2D eigenvalue weighted by molar-refractivity contribution is -0.114. The van der Waals surface area contributed by atoms with Crippen LogP contribution in [0.5, 0.6) is 0 Å². The van der Waals surface area contributed by atoms with E-state index in [4.69, 9.17) is 5.73 Å². The Bertz CT molecular complexity index is 318. The van der Waals surface area contributed by atoms with Gasteiger partial charge in [-0.1, -0.05) is 70.1 Å². The average Bonchev–Trinajstić information content (AvgIpc) is 2.50. The fourth-order valence-corrected chi connectivity index (χ4v) is 2.46. The molecule has 22 heavy (non-hydrogen) atoms. The van der Waals surface area contributed by atoms with Crippen LogP contribution in [0.1, 0.15) is 97.3 Å². The Labute approximate surface area is 138 Å². The number of hydrogen-bond acceptors (Lipinski definition) is 1. The minimum atomic E-state index is -0.293. The third kappa shape index (κ3) is 15.3. The fraction of sp³-hybridized carbons (Fsp3) is 0.750. The number of hydrogen-bond donors (Lipinski definition) is 1. The van der Waals surface area contributed by atoms with E-state index in [1.165, 1.54) is 77.0 Å². The molecule has 0 atom stereocenters. The van der Waals surface area contributed by atoms with Crippen molar-refractivity contribution in [2.75, 3.05) is 0 Å². The molecule has 0 unspecified atom stereocenters. The molecule has 0 heterocycles. The first kappa shape index (κ1) is 20.9. The van der Waals surface area contributed by atoms with Crippen molar-refractivity contribution in [2.24, 2.45) is 5.73 Å². The van der Waals surface area contributed by atoms with Crippen LogP contribution in [-0.4, -0.2) is 5.91 Å². The molecule has 0 rings (SSSR count). The first-order valence-electron chi connectivity index (χ1n) is 9.30. The predicted molar refractivity (Wildman–Crippen MR) is 97.8 cm³/mol. The maximum absolute atomic E-state index is 10.8. The lowest BCUT2D eigenvalue weighted by Gasteiger charge is -2.00. The Morgan fingerprint density at radius 1 is 0.773 bits per heavy atom. The second-order valence-electron chi connectivity index (χ2n) is 6.27. The van der Waals surface area contributed by atoms with Gasteiger partial charge in [0.15, 0.2) is 0 Å². The Hall–Kier alpha value is -1.05. The van der Waals surface area contributed by atoms with Gasteiger partial charge >= 0.3 is 0 Å². The smallest absolute Gasteiger partial charge is 0.244 e. The molecule has 0 aliphatic rings. The summed E-state index contributed by atoms with van der Waals surface area (Å²) in [6.45, 7) is 4.05. The number of primary amides is 1. The van der Waals surface area contributed by atoms with E-state index in [1.807, 2.05) is 6.08 Å². The normalized spacial score (nSPS) is 12.2. The van der Waals surface area contributed by atoms with Gasteiger partial charge in [0, 0.05) is 5.57 Å². The summed E-state index contributed by atoms with van der Waals surface area (Å²) in [7, 11) is 0. The topological polar surface area (TPSA) is 43.1 Å². The van der Waals surface area contributed by atoms with Gasteiger partial charge in [-0.15, -0.1) is 0 Å². The van der Waals surface area contributed by atoms with Gasteiger partial charge in [0.2, 0.25) is 5.91 Å². The van der Waals surface area contributed by atoms with Crippen molar-refractivity contribution >= 4 is 5.91 Å². The molecule has 0 spiro atoms. The molecule has 0 aliphatic heterocycles. The molecule has 2 heteroatoms. The molecule has 0 bridgehead atoms. The third-order valence-corrected chi connectivity index (χ3v) is 4.06. The second-order valence-corrected chi connectivity index (χ2v) is 6.27. The van der Waals surface area contributed by atoms with Crippen LogP contribution in [0.15, 0.2) is 23.8 Å². The summed E-state index contributed by atoms with van der Waals surface area (Å²) in [6, 6.07) is 0. The molecule has 0 saturated heterocycles. The highest BCUT2D eigenvalue weighted by Gasteiger charge is 1.95. The van der Waals surface area contributed by atoms with Crippen molar-refractivity contribution in [1.82, 2.24) is 0 Å². The second kappa shape index (κ2) is 16.3. The maximum atomic E-state index is 10.8. The SMILES string of the molecule is CCCCCC/C=C\CCCCCCCCC=C(C)C(N)=O. The molecule has 0 aromatic carbocycles. The number of allylic oxidation sites excluding steroid dienone is 3. The first-order valence-corrected chi connectivity index (χ1v) is 9.30. The minimum absolute atomic E-state index is 0.293.